The molecule has 0 saturated heterocycles. The van der Waals surface area contributed by atoms with Gasteiger partial charge in [-0.05, 0) is 48.0 Å². The SMILES string of the molecule is COc1cc(C=Nc2ccccc2)ccc1Oc1ccc(C(F)(F)F)cc1[N+](=O)[O-]. The van der Waals surface area contributed by atoms with Crippen LogP contribution in [0, 0.1) is 10.1 Å². The molecule has 9 heteroatoms. The quantitative estimate of drug-likeness (QED) is 0.274. The molecule has 0 atom stereocenters. The summed E-state index contributed by atoms with van der Waals surface area (Å²) in [6.45, 7) is 0. The fourth-order valence-corrected chi connectivity index (χ4v) is 2.55. The lowest BCUT2D eigenvalue weighted by atomic mass is 10.1. The van der Waals surface area contributed by atoms with E-state index in [0.717, 1.165) is 17.8 Å². The third-order valence-corrected chi connectivity index (χ3v) is 4.01. The van der Waals surface area contributed by atoms with Gasteiger partial charge in [0.05, 0.1) is 23.3 Å². The summed E-state index contributed by atoms with van der Waals surface area (Å²) < 4.78 is 49.3. The summed E-state index contributed by atoms with van der Waals surface area (Å²) in [7, 11) is 1.38. The van der Waals surface area contributed by atoms with Crippen LogP contribution in [-0.2, 0) is 6.18 Å². The molecule has 3 rings (SSSR count). The Bertz CT molecular complexity index is 1080. The van der Waals surface area contributed by atoms with Crippen molar-refractivity contribution >= 4 is 17.6 Å². The minimum absolute atomic E-state index is 0.109. The number of alkyl halides is 3. The van der Waals surface area contributed by atoms with E-state index in [1.807, 2.05) is 30.3 Å². The molecule has 0 N–H and O–H groups in total. The number of aliphatic imine (C=N–C) groups is 1. The topological polar surface area (TPSA) is 74.0 Å². The van der Waals surface area contributed by atoms with Gasteiger partial charge in [0.1, 0.15) is 0 Å². The highest BCUT2D eigenvalue weighted by Gasteiger charge is 2.33. The van der Waals surface area contributed by atoms with Gasteiger partial charge in [0.15, 0.2) is 11.5 Å². The molecule has 6 nitrogen and oxygen atoms in total. The van der Waals surface area contributed by atoms with Crippen molar-refractivity contribution in [2.75, 3.05) is 7.11 Å². The summed E-state index contributed by atoms with van der Waals surface area (Å²) in [5.74, 6) is 0.00966. The Morgan fingerprint density at radius 3 is 2.30 bits per heavy atom. The summed E-state index contributed by atoms with van der Waals surface area (Å²) >= 11 is 0. The number of nitro groups is 1. The first kappa shape index (κ1) is 20.8. The molecule has 0 heterocycles. The molecular formula is C21H15F3N2O4. The zero-order valence-corrected chi connectivity index (χ0v) is 15.6. The number of hydrogen-bond donors (Lipinski definition) is 0. The Balaban J connectivity index is 1.90. The van der Waals surface area contributed by atoms with Crippen LogP contribution >= 0.6 is 0 Å². The van der Waals surface area contributed by atoms with Crippen molar-refractivity contribution in [1.82, 2.24) is 0 Å². The summed E-state index contributed by atoms with van der Waals surface area (Å²) in [5.41, 5.74) is -0.523. The van der Waals surface area contributed by atoms with Crippen LogP contribution in [0.4, 0.5) is 24.5 Å². The number of rotatable bonds is 6. The van der Waals surface area contributed by atoms with Gasteiger partial charge in [0.25, 0.3) is 0 Å². The number of hydrogen-bond acceptors (Lipinski definition) is 5. The molecule has 0 bridgehead atoms. The van der Waals surface area contributed by atoms with Crippen molar-refractivity contribution in [2.45, 2.75) is 6.18 Å². The van der Waals surface area contributed by atoms with Gasteiger partial charge < -0.3 is 9.47 Å². The summed E-state index contributed by atoms with van der Waals surface area (Å²) in [5, 5.41) is 11.2. The van der Waals surface area contributed by atoms with Crippen LogP contribution in [0.5, 0.6) is 17.2 Å². The van der Waals surface area contributed by atoms with Crippen LogP contribution in [0.15, 0.2) is 71.7 Å². The van der Waals surface area contributed by atoms with Crippen LogP contribution in [0.2, 0.25) is 0 Å². The molecule has 0 fully saturated rings. The van der Waals surface area contributed by atoms with Crippen LogP contribution in [0.1, 0.15) is 11.1 Å². The Morgan fingerprint density at radius 2 is 1.67 bits per heavy atom. The van der Waals surface area contributed by atoms with Crippen molar-refractivity contribution in [1.29, 1.82) is 0 Å². The molecule has 0 aromatic heterocycles. The smallest absolute Gasteiger partial charge is 0.416 e. The number of benzene rings is 3. The van der Waals surface area contributed by atoms with E-state index in [0.29, 0.717) is 11.6 Å². The maximum atomic E-state index is 12.9. The second-order valence-electron chi connectivity index (χ2n) is 6.04. The lowest BCUT2D eigenvalue weighted by Crippen LogP contribution is -2.06. The normalized spacial score (nSPS) is 11.5. The number of nitro benzene ring substituents is 1. The number of ether oxygens (including phenoxy) is 2. The molecule has 0 saturated carbocycles. The number of halogens is 3. The van der Waals surface area contributed by atoms with E-state index in [1.165, 1.54) is 13.2 Å². The lowest BCUT2D eigenvalue weighted by Gasteiger charge is -2.12. The molecule has 3 aromatic rings. The van der Waals surface area contributed by atoms with Gasteiger partial charge >= 0.3 is 11.9 Å². The monoisotopic (exact) mass is 416 g/mol. The minimum Gasteiger partial charge on any atom is -0.493 e. The van der Waals surface area contributed by atoms with Crippen molar-refractivity contribution < 1.29 is 27.6 Å². The van der Waals surface area contributed by atoms with Crippen molar-refractivity contribution in [2.24, 2.45) is 4.99 Å². The zero-order valence-electron chi connectivity index (χ0n) is 15.6. The molecule has 0 unspecified atom stereocenters. The van der Waals surface area contributed by atoms with Crippen molar-refractivity contribution in [3.8, 4) is 17.2 Å². The average molecular weight is 416 g/mol. The second kappa shape index (κ2) is 8.64. The molecule has 0 amide bonds. The second-order valence-corrected chi connectivity index (χ2v) is 6.04. The van der Waals surface area contributed by atoms with E-state index < -0.39 is 22.4 Å². The largest absolute Gasteiger partial charge is 0.493 e. The van der Waals surface area contributed by atoms with Gasteiger partial charge in [-0.1, -0.05) is 18.2 Å². The summed E-state index contributed by atoms with van der Waals surface area (Å²) in [6.07, 6.45) is -3.11. The first-order valence-electron chi connectivity index (χ1n) is 8.58. The molecule has 0 radical (unpaired) electrons. The summed E-state index contributed by atoms with van der Waals surface area (Å²) in [6, 6.07) is 16.0. The third-order valence-electron chi connectivity index (χ3n) is 4.01. The predicted molar refractivity (Wildman–Crippen MR) is 105 cm³/mol. The number of nitrogens with zero attached hydrogens (tertiary/aromatic N) is 2. The molecule has 0 spiro atoms. The molecular weight excluding hydrogens is 401 g/mol. The van der Waals surface area contributed by atoms with Gasteiger partial charge in [0, 0.05) is 12.3 Å². The zero-order chi connectivity index (χ0) is 21.7. The van der Waals surface area contributed by atoms with Crippen LogP contribution in [-0.4, -0.2) is 18.2 Å². The Morgan fingerprint density at radius 1 is 0.967 bits per heavy atom. The Kier molecular flexibility index (Phi) is 6.01. The first-order chi connectivity index (χ1) is 14.3. The average Bonchev–Trinajstić information content (AvgIpc) is 2.73. The van der Waals surface area contributed by atoms with Gasteiger partial charge in [0.2, 0.25) is 5.75 Å². The maximum Gasteiger partial charge on any atom is 0.416 e. The third kappa shape index (κ3) is 4.93. The van der Waals surface area contributed by atoms with Crippen molar-refractivity contribution in [3.05, 3.63) is 88.0 Å². The van der Waals surface area contributed by atoms with Crippen LogP contribution < -0.4 is 9.47 Å². The van der Waals surface area contributed by atoms with E-state index in [1.54, 1.807) is 18.3 Å². The molecule has 0 aliphatic carbocycles. The van der Waals surface area contributed by atoms with E-state index in [2.05, 4.69) is 4.99 Å². The van der Waals surface area contributed by atoms with Gasteiger partial charge in [-0.25, -0.2) is 0 Å². The molecule has 3 aromatic carbocycles. The highest BCUT2D eigenvalue weighted by Crippen LogP contribution is 2.40. The molecule has 154 valence electrons. The summed E-state index contributed by atoms with van der Waals surface area (Å²) in [4.78, 5) is 14.6. The maximum absolute atomic E-state index is 12.9. The molecule has 0 aliphatic rings. The van der Waals surface area contributed by atoms with E-state index in [9.17, 15) is 23.3 Å². The molecule has 0 aliphatic heterocycles. The van der Waals surface area contributed by atoms with E-state index in [-0.39, 0.29) is 17.2 Å². The lowest BCUT2D eigenvalue weighted by molar-refractivity contribution is -0.385. The highest BCUT2D eigenvalue weighted by atomic mass is 19.4. The van der Waals surface area contributed by atoms with Gasteiger partial charge in [-0.15, -0.1) is 0 Å². The number of para-hydroxylation sites is 1. The van der Waals surface area contributed by atoms with E-state index >= 15 is 0 Å². The van der Waals surface area contributed by atoms with Crippen LogP contribution in [0.3, 0.4) is 0 Å². The molecule has 30 heavy (non-hydrogen) atoms. The Hall–Kier alpha value is -3.88. The fourth-order valence-electron chi connectivity index (χ4n) is 2.55. The highest BCUT2D eigenvalue weighted by molar-refractivity contribution is 5.83. The van der Waals surface area contributed by atoms with Gasteiger partial charge in [-0.2, -0.15) is 13.2 Å². The Labute approximate surface area is 169 Å². The number of methoxy groups -OCH3 is 1. The predicted octanol–water partition coefficient (Wildman–Crippen LogP) is 6.17. The van der Waals surface area contributed by atoms with Crippen molar-refractivity contribution in [3.63, 3.8) is 0 Å². The first-order valence-corrected chi connectivity index (χ1v) is 8.58. The van der Waals surface area contributed by atoms with E-state index in [4.69, 9.17) is 9.47 Å². The van der Waals surface area contributed by atoms with Gasteiger partial charge in [-0.3, -0.25) is 15.1 Å². The minimum atomic E-state index is -4.71. The fraction of sp³-hybridized carbons (Fsp3) is 0.0952. The van der Waals surface area contributed by atoms with Crippen LogP contribution in [0.25, 0.3) is 0 Å². The standard InChI is InChI=1S/C21H15F3N2O4/c1-29-20-11-14(13-25-16-5-3-2-4-6-16)7-9-19(20)30-18-10-8-15(21(22,23)24)12-17(18)26(27)28/h2-13H,1H3.